The zero-order chi connectivity index (χ0) is 17.2. The first kappa shape index (κ1) is 16.0. The monoisotopic (exact) mass is 359 g/mol. The van der Waals surface area contributed by atoms with E-state index >= 15 is 0 Å². The summed E-state index contributed by atoms with van der Waals surface area (Å²) in [5.74, 6) is 2.72. The summed E-state index contributed by atoms with van der Waals surface area (Å²) in [7, 11) is 0. The van der Waals surface area contributed by atoms with Crippen molar-refractivity contribution in [3.8, 4) is 23.0 Å². The van der Waals surface area contributed by atoms with Crippen LogP contribution in [-0.4, -0.2) is 31.2 Å². The lowest BCUT2D eigenvalue weighted by molar-refractivity contribution is -0.115. The molecule has 1 amide bonds. The molecule has 0 radical (unpaired) electrons. The van der Waals surface area contributed by atoms with Crippen LogP contribution in [0.1, 0.15) is 6.92 Å². The van der Waals surface area contributed by atoms with Gasteiger partial charge < -0.3 is 24.3 Å². The average molecular weight is 359 g/mol. The molecule has 0 saturated heterocycles. The lowest BCUT2D eigenvalue weighted by Gasteiger charge is -2.19. The van der Waals surface area contributed by atoms with Gasteiger partial charge in [-0.15, -0.1) is 11.8 Å². The van der Waals surface area contributed by atoms with E-state index in [2.05, 4.69) is 5.32 Å². The van der Waals surface area contributed by atoms with Crippen molar-refractivity contribution in [1.82, 2.24) is 0 Å². The number of amides is 1. The molecule has 0 saturated carbocycles. The van der Waals surface area contributed by atoms with Crippen LogP contribution in [0.25, 0.3) is 0 Å². The number of thioether (sulfide) groups is 1. The van der Waals surface area contributed by atoms with Gasteiger partial charge in [-0.05, 0) is 37.3 Å². The normalized spacial score (nSPS) is 15.6. The van der Waals surface area contributed by atoms with Gasteiger partial charge in [-0.25, -0.2) is 0 Å². The van der Waals surface area contributed by atoms with Crippen molar-refractivity contribution in [2.75, 3.05) is 25.3 Å². The number of nitrogens with one attached hydrogen (secondary N) is 1. The van der Waals surface area contributed by atoms with E-state index in [4.69, 9.17) is 18.9 Å². The number of rotatable bonds is 4. The third-order valence-corrected chi connectivity index (χ3v) is 4.93. The van der Waals surface area contributed by atoms with Crippen molar-refractivity contribution >= 4 is 23.4 Å². The molecule has 2 aliphatic heterocycles. The summed E-state index contributed by atoms with van der Waals surface area (Å²) in [5, 5.41) is 2.63. The van der Waals surface area contributed by atoms with Crippen molar-refractivity contribution in [3.63, 3.8) is 0 Å². The van der Waals surface area contributed by atoms with E-state index in [0.717, 1.165) is 16.4 Å². The summed E-state index contributed by atoms with van der Waals surface area (Å²) < 4.78 is 21.7. The van der Waals surface area contributed by atoms with Crippen LogP contribution in [-0.2, 0) is 4.79 Å². The van der Waals surface area contributed by atoms with Crippen molar-refractivity contribution in [2.24, 2.45) is 0 Å². The van der Waals surface area contributed by atoms with Gasteiger partial charge in [0, 0.05) is 16.6 Å². The summed E-state index contributed by atoms with van der Waals surface area (Å²) in [5.41, 5.74) is 0.684. The number of anilines is 1. The molecule has 0 bridgehead atoms. The summed E-state index contributed by atoms with van der Waals surface area (Å²) >= 11 is 1.47. The molecular weight excluding hydrogens is 342 g/mol. The van der Waals surface area contributed by atoms with Gasteiger partial charge in [0.2, 0.25) is 12.7 Å². The predicted octanol–water partition coefficient (Wildman–Crippen LogP) is 3.31. The Labute approximate surface area is 149 Å². The largest absolute Gasteiger partial charge is 0.486 e. The predicted molar refractivity (Wildman–Crippen MR) is 93.9 cm³/mol. The van der Waals surface area contributed by atoms with Gasteiger partial charge in [-0.2, -0.15) is 0 Å². The van der Waals surface area contributed by atoms with Crippen LogP contribution in [0.4, 0.5) is 5.69 Å². The van der Waals surface area contributed by atoms with Crippen molar-refractivity contribution < 1.29 is 23.7 Å². The molecule has 2 aliphatic rings. The molecule has 6 nitrogen and oxygen atoms in total. The van der Waals surface area contributed by atoms with Gasteiger partial charge >= 0.3 is 0 Å². The molecule has 25 heavy (non-hydrogen) atoms. The molecule has 0 aromatic heterocycles. The van der Waals surface area contributed by atoms with E-state index in [0.29, 0.717) is 30.4 Å². The maximum Gasteiger partial charge on any atom is 0.237 e. The lowest BCUT2D eigenvalue weighted by Crippen LogP contribution is -2.22. The molecule has 2 aromatic carbocycles. The molecule has 0 aliphatic carbocycles. The van der Waals surface area contributed by atoms with E-state index < -0.39 is 0 Å². The second-order valence-corrected chi connectivity index (χ2v) is 7.04. The van der Waals surface area contributed by atoms with Gasteiger partial charge in [0.25, 0.3) is 0 Å². The molecule has 1 atom stereocenters. The highest BCUT2D eigenvalue weighted by Gasteiger charge is 2.19. The Kier molecular flexibility index (Phi) is 4.31. The molecule has 7 heteroatoms. The van der Waals surface area contributed by atoms with E-state index in [1.54, 1.807) is 18.2 Å². The molecule has 4 rings (SSSR count). The number of carbonyl (C=O) groups excluding carboxylic acids is 1. The maximum absolute atomic E-state index is 12.4. The summed E-state index contributed by atoms with van der Waals surface area (Å²) in [6.45, 7) is 3.18. The van der Waals surface area contributed by atoms with Crippen molar-refractivity contribution in [2.45, 2.75) is 17.1 Å². The average Bonchev–Trinajstić information content (AvgIpc) is 3.09. The van der Waals surface area contributed by atoms with Crippen molar-refractivity contribution in [1.29, 1.82) is 0 Å². The molecule has 130 valence electrons. The van der Waals surface area contributed by atoms with E-state index in [-0.39, 0.29) is 18.0 Å². The number of hydrogen-bond donors (Lipinski definition) is 1. The lowest BCUT2D eigenvalue weighted by atomic mass is 10.2. The number of hydrogen-bond acceptors (Lipinski definition) is 6. The Hall–Kier alpha value is -2.54. The minimum Gasteiger partial charge on any atom is -0.486 e. The molecule has 2 heterocycles. The highest BCUT2D eigenvalue weighted by atomic mass is 32.2. The Morgan fingerprint density at radius 2 is 1.64 bits per heavy atom. The Morgan fingerprint density at radius 3 is 2.52 bits per heavy atom. The molecule has 0 fully saturated rings. The Balaban J connectivity index is 1.40. The number of benzene rings is 2. The number of carbonyl (C=O) groups is 1. The maximum atomic E-state index is 12.4. The van der Waals surface area contributed by atoms with Crippen LogP contribution in [0.2, 0.25) is 0 Å². The molecule has 0 unspecified atom stereocenters. The van der Waals surface area contributed by atoms with Gasteiger partial charge in [-0.1, -0.05) is 0 Å². The fourth-order valence-electron chi connectivity index (χ4n) is 2.57. The minimum atomic E-state index is -0.270. The smallest absolute Gasteiger partial charge is 0.237 e. The van der Waals surface area contributed by atoms with Gasteiger partial charge in [0.15, 0.2) is 23.0 Å². The fraction of sp³-hybridized carbons (Fsp3) is 0.278. The first-order valence-electron chi connectivity index (χ1n) is 7.96. The van der Waals surface area contributed by atoms with Crippen LogP contribution in [0.5, 0.6) is 23.0 Å². The van der Waals surface area contributed by atoms with Crippen LogP contribution < -0.4 is 24.3 Å². The molecule has 0 spiro atoms. The quantitative estimate of drug-likeness (QED) is 0.845. The van der Waals surface area contributed by atoms with Gasteiger partial charge in [0.1, 0.15) is 13.2 Å². The third kappa shape index (κ3) is 3.46. The molecule has 2 aromatic rings. The number of fused-ring (bicyclic) bond motifs is 2. The first-order chi connectivity index (χ1) is 12.2. The second kappa shape index (κ2) is 6.76. The summed E-state index contributed by atoms with van der Waals surface area (Å²) in [6, 6.07) is 11.1. The summed E-state index contributed by atoms with van der Waals surface area (Å²) in [6.07, 6.45) is 0. The van der Waals surface area contributed by atoms with E-state index in [9.17, 15) is 4.79 Å². The van der Waals surface area contributed by atoms with Crippen LogP contribution >= 0.6 is 11.8 Å². The highest BCUT2D eigenvalue weighted by Crippen LogP contribution is 2.36. The fourth-order valence-corrected chi connectivity index (χ4v) is 3.47. The second-order valence-electron chi connectivity index (χ2n) is 5.62. The van der Waals surface area contributed by atoms with Crippen LogP contribution in [0.15, 0.2) is 41.3 Å². The zero-order valence-corrected chi connectivity index (χ0v) is 14.4. The van der Waals surface area contributed by atoms with Gasteiger partial charge in [0.05, 0.1) is 5.25 Å². The number of ether oxygens (including phenoxy) is 4. The Morgan fingerprint density at radius 1 is 0.960 bits per heavy atom. The topological polar surface area (TPSA) is 66.0 Å². The van der Waals surface area contributed by atoms with Crippen LogP contribution in [0.3, 0.4) is 0 Å². The van der Waals surface area contributed by atoms with Crippen molar-refractivity contribution in [3.05, 3.63) is 36.4 Å². The Bertz CT molecular complexity index is 810. The SMILES string of the molecule is C[C@H](Sc1ccc2c(c1)OCCO2)C(=O)Nc1ccc2c(c1)OCO2. The summed E-state index contributed by atoms with van der Waals surface area (Å²) in [4.78, 5) is 13.4. The standard InChI is InChI=1S/C18H17NO5S/c1-11(25-13-3-5-14-17(9-13)22-7-6-21-14)18(20)19-12-2-4-15-16(8-12)24-10-23-15/h2-5,8-9,11H,6-7,10H2,1H3,(H,19,20)/t11-/m0/s1. The van der Waals surface area contributed by atoms with E-state index in [1.165, 1.54) is 11.8 Å². The minimum absolute atomic E-state index is 0.0845. The molecule has 1 N–H and O–H groups in total. The zero-order valence-electron chi connectivity index (χ0n) is 13.6. The third-order valence-electron chi connectivity index (χ3n) is 3.84. The first-order valence-corrected chi connectivity index (χ1v) is 8.84. The van der Waals surface area contributed by atoms with Gasteiger partial charge in [-0.3, -0.25) is 4.79 Å². The highest BCUT2D eigenvalue weighted by molar-refractivity contribution is 8.00. The van der Waals surface area contributed by atoms with E-state index in [1.807, 2.05) is 25.1 Å². The molecular formula is C18H17NO5S. The van der Waals surface area contributed by atoms with Crippen LogP contribution in [0, 0.1) is 0 Å².